The van der Waals surface area contributed by atoms with Gasteiger partial charge in [0.05, 0.1) is 11.2 Å². The van der Waals surface area contributed by atoms with Gasteiger partial charge in [-0.3, -0.25) is 0 Å². The Morgan fingerprint density at radius 2 is 2.10 bits per heavy atom. The molecule has 0 bridgehead atoms. The van der Waals surface area contributed by atoms with E-state index in [4.69, 9.17) is 10.5 Å². The van der Waals surface area contributed by atoms with E-state index in [2.05, 4.69) is 4.90 Å². The molecule has 1 saturated heterocycles. The molecule has 0 radical (unpaired) electrons. The zero-order valence-electron chi connectivity index (χ0n) is 12.3. The quantitative estimate of drug-likeness (QED) is 0.932. The number of halogens is 3. The van der Waals surface area contributed by atoms with Crippen molar-refractivity contribution in [3.8, 4) is 0 Å². The number of piperidine rings is 1. The molecule has 0 saturated carbocycles. The number of alkyl halides is 3. The normalized spacial score (nSPS) is 23.4. The van der Waals surface area contributed by atoms with Crippen LogP contribution < -0.4 is 10.6 Å². The smallest absolute Gasteiger partial charge is 0.377 e. The third-order valence-electron chi connectivity index (χ3n) is 4.12. The van der Waals surface area contributed by atoms with E-state index in [1.165, 1.54) is 6.07 Å². The van der Waals surface area contributed by atoms with E-state index in [9.17, 15) is 13.2 Å². The minimum absolute atomic E-state index is 0.0828. The Balaban J connectivity index is 2.31. The predicted molar refractivity (Wildman–Crippen MR) is 76.2 cm³/mol. The van der Waals surface area contributed by atoms with E-state index >= 15 is 0 Å². The van der Waals surface area contributed by atoms with E-state index in [1.807, 2.05) is 6.92 Å². The van der Waals surface area contributed by atoms with Crippen LogP contribution in [0.3, 0.4) is 0 Å². The van der Waals surface area contributed by atoms with Gasteiger partial charge in [-0.05, 0) is 43.5 Å². The fourth-order valence-corrected chi connectivity index (χ4v) is 2.81. The van der Waals surface area contributed by atoms with Crippen molar-refractivity contribution in [3.63, 3.8) is 0 Å². The van der Waals surface area contributed by atoms with Crippen LogP contribution in [0.1, 0.15) is 30.9 Å². The second-order valence-corrected chi connectivity index (χ2v) is 5.72. The summed E-state index contributed by atoms with van der Waals surface area (Å²) in [5.41, 5.74) is 6.01. The minimum Gasteiger partial charge on any atom is -0.377 e. The number of nitrogens with zero attached hydrogens (tertiary/aromatic N) is 1. The van der Waals surface area contributed by atoms with Crippen molar-refractivity contribution in [1.29, 1.82) is 0 Å². The molecule has 2 rings (SSSR count). The van der Waals surface area contributed by atoms with Gasteiger partial charge in [0.15, 0.2) is 0 Å². The SMILES string of the molecule is COC1(C)CCCN(c2ccc(C(F)(F)F)cc2CN)C1. The summed E-state index contributed by atoms with van der Waals surface area (Å²) in [6, 6.07) is 3.79. The average molecular weight is 302 g/mol. The molecule has 1 aromatic carbocycles. The highest BCUT2D eigenvalue weighted by molar-refractivity contribution is 5.56. The Kier molecular flexibility index (Phi) is 4.49. The summed E-state index contributed by atoms with van der Waals surface area (Å²) >= 11 is 0. The molecular weight excluding hydrogens is 281 g/mol. The van der Waals surface area contributed by atoms with E-state index in [0.717, 1.165) is 37.2 Å². The lowest BCUT2D eigenvalue weighted by atomic mass is 9.93. The predicted octanol–water partition coefficient (Wildman–Crippen LogP) is 3.17. The molecule has 21 heavy (non-hydrogen) atoms. The molecular formula is C15H21F3N2O. The Hall–Kier alpha value is -1.27. The van der Waals surface area contributed by atoms with Crippen LogP contribution in [0.4, 0.5) is 18.9 Å². The summed E-state index contributed by atoms with van der Waals surface area (Å²) in [5.74, 6) is 0. The number of anilines is 1. The molecule has 0 spiro atoms. The molecule has 0 aliphatic carbocycles. The molecule has 1 atom stereocenters. The highest BCUT2D eigenvalue weighted by Gasteiger charge is 2.34. The number of nitrogens with two attached hydrogens (primary N) is 1. The van der Waals surface area contributed by atoms with Crippen LogP contribution in [0.25, 0.3) is 0 Å². The molecule has 1 aliphatic heterocycles. The zero-order chi connectivity index (χ0) is 15.7. The Bertz CT molecular complexity index is 504. The first-order valence-electron chi connectivity index (χ1n) is 6.99. The average Bonchev–Trinajstić information content (AvgIpc) is 2.45. The van der Waals surface area contributed by atoms with Crippen LogP contribution in [0, 0.1) is 0 Å². The topological polar surface area (TPSA) is 38.5 Å². The van der Waals surface area contributed by atoms with Gasteiger partial charge in [-0.25, -0.2) is 0 Å². The van der Waals surface area contributed by atoms with Gasteiger partial charge in [0.2, 0.25) is 0 Å². The second-order valence-electron chi connectivity index (χ2n) is 5.72. The maximum atomic E-state index is 12.8. The molecule has 0 aromatic heterocycles. The molecule has 2 N–H and O–H groups in total. The van der Waals surface area contributed by atoms with Crippen LogP contribution in [-0.2, 0) is 17.5 Å². The van der Waals surface area contributed by atoms with E-state index in [-0.39, 0.29) is 12.1 Å². The third kappa shape index (κ3) is 3.49. The van der Waals surface area contributed by atoms with Crippen molar-refractivity contribution in [2.24, 2.45) is 5.73 Å². The van der Waals surface area contributed by atoms with Crippen molar-refractivity contribution < 1.29 is 17.9 Å². The molecule has 3 nitrogen and oxygen atoms in total. The van der Waals surface area contributed by atoms with Gasteiger partial charge in [0, 0.05) is 32.4 Å². The maximum absolute atomic E-state index is 12.8. The van der Waals surface area contributed by atoms with Gasteiger partial charge >= 0.3 is 6.18 Å². The number of rotatable bonds is 3. The highest BCUT2D eigenvalue weighted by atomic mass is 19.4. The van der Waals surface area contributed by atoms with Crippen molar-refractivity contribution in [1.82, 2.24) is 0 Å². The summed E-state index contributed by atoms with van der Waals surface area (Å²) in [6.45, 7) is 3.56. The Morgan fingerprint density at radius 3 is 2.67 bits per heavy atom. The molecule has 6 heteroatoms. The third-order valence-corrected chi connectivity index (χ3v) is 4.12. The monoisotopic (exact) mass is 302 g/mol. The first-order valence-corrected chi connectivity index (χ1v) is 6.99. The Labute approximate surface area is 122 Å². The van der Waals surface area contributed by atoms with Crippen molar-refractivity contribution in [3.05, 3.63) is 29.3 Å². The fraction of sp³-hybridized carbons (Fsp3) is 0.600. The molecule has 1 heterocycles. The standard InChI is InChI=1S/C15H21F3N2O/c1-14(21-2)6-3-7-20(10-14)13-5-4-12(15(16,17)18)8-11(13)9-19/h4-5,8H,3,6-7,9-10,19H2,1-2H3. The maximum Gasteiger partial charge on any atom is 0.416 e. The van der Waals surface area contributed by atoms with Gasteiger partial charge < -0.3 is 15.4 Å². The lowest BCUT2D eigenvalue weighted by Crippen LogP contribution is -2.47. The van der Waals surface area contributed by atoms with Gasteiger partial charge in [-0.1, -0.05) is 0 Å². The van der Waals surface area contributed by atoms with Gasteiger partial charge in [0.25, 0.3) is 0 Å². The van der Waals surface area contributed by atoms with Crippen LogP contribution >= 0.6 is 0 Å². The van der Waals surface area contributed by atoms with Crippen molar-refractivity contribution in [2.75, 3.05) is 25.1 Å². The summed E-state index contributed by atoms with van der Waals surface area (Å²) in [5, 5.41) is 0. The molecule has 1 fully saturated rings. The Morgan fingerprint density at radius 1 is 1.38 bits per heavy atom. The molecule has 0 amide bonds. The number of hydrogen-bond donors (Lipinski definition) is 1. The minimum atomic E-state index is -4.34. The van der Waals surface area contributed by atoms with Gasteiger partial charge in [-0.2, -0.15) is 13.2 Å². The lowest BCUT2D eigenvalue weighted by molar-refractivity contribution is -0.137. The highest BCUT2D eigenvalue weighted by Crippen LogP contribution is 2.35. The zero-order valence-corrected chi connectivity index (χ0v) is 12.3. The van der Waals surface area contributed by atoms with Crippen molar-refractivity contribution >= 4 is 5.69 Å². The van der Waals surface area contributed by atoms with Crippen LogP contribution in [0.5, 0.6) is 0 Å². The van der Waals surface area contributed by atoms with Crippen molar-refractivity contribution in [2.45, 2.75) is 38.1 Å². The summed E-state index contributed by atoms with van der Waals surface area (Å²) in [4.78, 5) is 2.06. The van der Waals surface area contributed by atoms with E-state index in [0.29, 0.717) is 12.1 Å². The molecule has 1 aliphatic rings. The van der Waals surface area contributed by atoms with Crippen LogP contribution in [-0.4, -0.2) is 25.8 Å². The molecule has 1 unspecified atom stereocenters. The summed E-state index contributed by atoms with van der Waals surface area (Å²) in [7, 11) is 1.67. The number of ether oxygens (including phenoxy) is 1. The first kappa shape index (κ1) is 16.1. The molecule has 118 valence electrons. The van der Waals surface area contributed by atoms with Gasteiger partial charge in [-0.15, -0.1) is 0 Å². The van der Waals surface area contributed by atoms with E-state index in [1.54, 1.807) is 7.11 Å². The summed E-state index contributed by atoms with van der Waals surface area (Å²) in [6.07, 6.45) is -2.46. The fourth-order valence-electron chi connectivity index (χ4n) is 2.81. The largest absolute Gasteiger partial charge is 0.416 e. The number of benzene rings is 1. The van der Waals surface area contributed by atoms with Crippen LogP contribution in [0.15, 0.2) is 18.2 Å². The number of methoxy groups -OCH3 is 1. The second kappa shape index (κ2) is 5.85. The first-order chi connectivity index (χ1) is 9.79. The van der Waals surface area contributed by atoms with Gasteiger partial charge in [0.1, 0.15) is 0 Å². The molecule has 1 aromatic rings. The van der Waals surface area contributed by atoms with Crippen LogP contribution in [0.2, 0.25) is 0 Å². The summed E-state index contributed by atoms with van der Waals surface area (Å²) < 4.78 is 43.9. The van der Waals surface area contributed by atoms with E-state index < -0.39 is 11.7 Å². The number of hydrogen-bond acceptors (Lipinski definition) is 3. The lowest BCUT2D eigenvalue weighted by Gasteiger charge is -2.41.